The molecule has 1 rings (SSSR count). The number of hydrogen-bond acceptors (Lipinski definition) is 7. The van der Waals surface area contributed by atoms with Crippen molar-refractivity contribution >= 4 is 27.6 Å². The van der Waals surface area contributed by atoms with Gasteiger partial charge in [0.15, 0.2) is 0 Å². The zero-order valence-electron chi connectivity index (χ0n) is 9.81. The van der Waals surface area contributed by atoms with Crippen LogP contribution in [0.2, 0.25) is 5.02 Å². The molecule has 0 aliphatic carbocycles. The van der Waals surface area contributed by atoms with Gasteiger partial charge in [-0.15, -0.1) is 10.1 Å². The molecule has 0 amide bonds. The molecule has 110 valence electrons. The van der Waals surface area contributed by atoms with Gasteiger partial charge < -0.3 is 9.57 Å². The number of carbonyl (C=O) groups excluding carboxylic acids is 1. The second kappa shape index (κ2) is 6.50. The minimum Gasteiger partial charge on any atom is -0.460 e. The summed E-state index contributed by atoms with van der Waals surface area (Å²) in [5.74, 6) is -0.890. The number of rotatable bonds is 6. The Morgan fingerprint density at radius 2 is 2.05 bits per heavy atom. The topological polar surface area (TPSA) is 139 Å². The quantitative estimate of drug-likeness (QED) is 0.344. The third-order valence-electron chi connectivity index (χ3n) is 1.99. The van der Waals surface area contributed by atoms with Crippen molar-refractivity contribution in [2.45, 2.75) is 4.90 Å². The standard InChI is InChI=1S/C9H9ClN2O7S/c10-7-2-1-6(5-8(7)20(11,16)17)9(13)18-3-4-19-12(14)15/h1-2,5H,3-4H2,(H2,11,16,17). The van der Waals surface area contributed by atoms with Crippen molar-refractivity contribution in [1.29, 1.82) is 0 Å². The van der Waals surface area contributed by atoms with Crippen LogP contribution < -0.4 is 5.14 Å². The number of nitrogens with zero attached hydrogens (tertiary/aromatic N) is 1. The zero-order chi connectivity index (χ0) is 15.3. The van der Waals surface area contributed by atoms with Crippen LogP contribution in [0.3, 0.4) is 0 Å². The molecule has 0 heterocycles. The first kappa shape index (κ1) is 16.1. The van der Waals surface area contributed by atoms with Crippen LogP contribution in [0.4, 0.5) is 0 Å². The van der Waals surface area contributed by atoms with Gasteiger partial charge in [-0.1, -0.05) is 11.6 Å². The smallest absolute Gasteiger partial charge is 0.338 e. The predicted octanol–water partition coefficient (Wildman–Crippen LogP) is 0.353. The van der Waals surface area contributed by atoms with Crippen LogP contribution in [0.5, 0.6) is 0 Å². The highest BCUT2D eigenvalue weighted by Gasteiger charge is 2.17. The number of nitrogens with two attached hydrogens (primary N) is 1. The van der Waals surface area contributed by atoms with Gasteiger partial charge >= 0.3 is 5.97 Å². The van der Waals surface area contributed by atoms with E-state index in [1.54, 1.807) is 0 Å². The van der Waals surface area contributed by atoms with Gasteiger partial charge in [0.25, 0.3) is 5.09 Å². The maximum absolute atomic E-state index is 11.6. The van der Waals surface area contributed by atoms with Crippen molar-refractivity contribution in [2.75, 3.05) is 13.2 Å². The molecule has 1 aromatic rings. The zero-order valence-corrected chi connectivity index (χ0v) is 11.4. The monoisotopic (exact) mass is 324 g/mol. The SMILES string of the molecule is NS(=O)(=O)c1cc(C(=O)OCCO[N+](=O)[O-])ccc1Cl. The van der Waals surface area contributed by atoms with Gasteiger partial charge in [-0.3, -0.25) is 0 Å². The highest BCUT2D eigenvalue weighted by atomic mass is 35.5. The minimum atomic E-state index is -4.08. The lowest BCUT2D eigenvalue weighted by Gasteiger charge is -2.06. The van der Waals surface area contributed by atoms with Crippen LogP contribution in [0.15, 0.2) is 23.1 Å². The van der Waals surface area contributed by atoms with E-state index < -0.39 is 32.6 Å². The van der Waals surface area contributed by atoms with Crippen LogP contribution in [0.25, 0.3) is 0 Å². The summed E-state index contributed by atoms with van der Waals surface area (Å²) in [5, 5.41) is 13.6. The average molecular weight is 325 g/mol. The Morgan fingerprint density at radius 3 is 2.60 bits per heavy atom. The number of primary sulfonamides is 1. The van der Waals surface area contributed by atoms with E-state index in [1.807, 2.05) is 0 Å². The van der Waals surface area contributed by atoms with Gasteiger partial charge in [0.1, 0.15) is 18.1 Å². The van der Waals surface area contributed by atoms with Crippen molar-refractivity contribution in [3.05, 3.63) is 38.9 Å². The van der Waals surface area contributed by atoms with Gasteiger partial charge in [0, 0.05) is 0 Å². The summed E-state index contributed by atoms with van der Waals surface area (Å²) < 4.78 is 27.1. The summed E-state index contributed by atoms with van der Waals surface area (Å²) in [6, 6.07) is 3.35. The highest BCUT2D eigenvalue weighted by molar-refractivity contribution is 7.89. The van der Waals surface area contributed by atoms with Crippen molar-refractivity contribution in [2.24, 2.45) is 5.14 Å². The molecule has 0 spiro atoms. The first-order valence-electron chi connectivity index (χ1n) is 4.98. The van der Waals surface area contributed by atoms with E-state index in [2.05, 4.69) is 9.57 Å². The normalized spacial score (nSPS) is 10.9. The van der Waals surface area contributed by atoms with E-state index in [0.717, 1.165) is 6.07 Å². The van der Waals surface area contributed by atoms with Crippen molar-refractivity contribution in [3.8, 4) is 0 Å². The molecule has 0 saturated carbocycles. The number of carbonyl (C=O) groups is 1. The van der Waals surface area contributed by atoms with Crippen LogP contribution in [0.1, 0.15) is 10.4 Å². The number of esters is 1. The van der Waals surface area contributed by atoms with Crippen LogP contribution in [-0.2, 0) is 19.6 Å². The second-order valence-corrected chi connectivity index (χ2v) is 5.32. The molecule has 0 atom stereocenters. The Bertz CT molecular complexity index is 631. The van der Waals surface area contributed by atoms with E-state index in [4.69, 9.17) is 16.7 Å². The third-order valence-corrected chi connectivity index (χ3v) is 3.38. The van der Waals surface area contributed by atoms with E-state index in [0.29, 0.717) is 0 Å². The summed E-state index contributed by atoms with van der Waals surface area (Å²) in [5.41, 5.74) is -0.112. The number of sulfonamides is 1. The number of halogens is 1. The predicted molar refractivity (Wildman–Crippen MR) is 66.1 cm³/mol. The lowest BCUT2D eigenvalue weighted by atomic mass is 10.2. The maximum Gasteiger partial charge on any atom is 0.338 e. The number of ether oxygens (including phenoxy) is 1. The molecular formula is C9H9ClN2O7S. The Kier molecular flexibility index (Phi) is 5.25. The molecule has 11 heteroatoms. The number of benzene rings is 1. The molecule has 0 fully saturated rings. The molecule has 0 aliphatic heterocycles. The molecule has 0 unspecified atom stereocenters. The molecule has 0 aliphatic rings. The van der Waals surface area contributed by atoms with Gasteiger partial charge in [0.05, 0.1) is 10.6 Å². The molecule has 2 N–H and O–H groups in total. The fraction of sp³-hybridized carbons (Fsp3) is 0.222. The van der Waals surface area contributed by atoms with Gasteiger partial charge in [-0.2, -0.15) is 0 Å². The Hall–Kier alpha value is -1.91. The highest BCUT2D eigenvalue weighted by Crippen LogP contribution is 2.21. The molecule has 0 aromatic heterocycles. The Balaban J connectivity index is 2.77. The minimum absolute atomic E-state index is 0.112. The van der Waals surface area contributed by atoms with Gasteiger partial charge in [-0.05, 0) is 18.2 Å². The average Bonchev–Trinajstić information content (AvgIpc) is 2.33. The Labute approximate surface area is 118 Å². The van der Waals surface area contributed by atoms with Gasteiger partial charge in [0.2, 0.25) is 10.0 Å². The van der Waals surface area contributed by atoms with Crippen LogP contribution in [0, 0.1) is 10.1 Å². The summed E-state index contributed by atoms with van der Waals surface area (Å²) in [4.78, 5) is 24.9. The van der Waals surface area contributed by atoms with Crippen molar-refractivity contribution < 1.29 is 27.9 Å². The summed E-state index contributed by atoms with van der Waals surface area (Å²) >= 11 is 5.64. The van der Waals surface area contributed by atoms with E-state index in [9.17, 15) is 23.3 Å². The number of hydrogen-bond donors (Lipinski definition) is 1. The van der Waals surface area contributed by atoms with Gasteiger partial charge in [-0.25, -0.2) is 18.4 Å². The first-order valence-corrected chi connectivity index (χ1v) is 6.91. The lowest BCUT2D eigenvalue weighted by Crippen LogP contribution is -2.16. The summed E-state index contributed by atoms with van der Waals surface area (Å²) in [6.45, 7) is -0.804. The second-order valence-electron chi connectivity index (χ2n) is 3.38. The molecule has 0 radical (unpaired) electrons. The first-order chi connectivity index (χ1) is 9.21. The Morgan fingerprint density at radius 1 is 1.40 bits per heavy atom. The molecule has 0 saturated heterocycles. The molecule has 0 bridgehead atoms. The summed E-state index contributed by atoms with van der Waals surface area (Å²) in [6.07, 6.45) is 0. The third kappa shape index (κ3) is 4.64. The van der Waals surface area contributed by atoms with E-state index in [1.165, 1.54) is 12.1 Å². The molecule has 1 aromatic carbocycles. The van der Waals surface area contributed by atoms with E-state index in [-0.39, 0.29) is 17.2 Å². The maximum atomic E-state index is 11.6. The molecular weight excluding hydrogens is 316 g/mol. The van der Waals surface area contributed by atoms with E-state index >= 15 is 0 Å². The lowest BCUT2D eigenvalue weighted by molar-refractivity contribution is -0.757. The molecule has 20 heavy (non-hydrogen) atoms. The van der Waals surface area contributed by atoms with Crippen molar-refractivity contribution in [3.63, 3.8) is 0 Å². The van der Waals surface area contributed by atoms with Crippen molar-refractivity contribution in [1.82, 2.24) is 0 Å². The fourth-order valence-corrected chi connectivity index (χ4v) is 2.25. The fourth-order valence-electron chi connectivity index (χ4n) is 1.18. The summed E-state index contributed by atoms with van der Waals surface area (Å²) in [7, 11) is -4.08. The largest absolute Gasteiger partial charge is 0.460 e. The van der Waals surface area contributed by atoms with Crippen LogP contribution >= 0.6 is 11.6 Å². The van der Waals surface area contributed by atoms with Crippen LogP contribution in [-0.4, -0.2) is 32.7 Å². The molecule has 9 nitrogen and oxygen atoms in total.